The second kappa shape index (κ2) is 14.4. The van der Waals surface area contributed by atoms with Gasteiger partial charge in [0.05, 0.1) is 31.3 Å². The molecule has 1 aromatic carbocycles. The van der Waals surface area contributed by atoms with Crippen LogP contribution in [0.2, 0.25) is 0 Å². The van der Waals surface area contributed by atoms with Crippen LogP contribution in [0.5, 0.6) is 0 Å². The Balaban J connectivity index is 1.56. The van der Waals surface area contributed by atoms with Crippen molar-refractivity contribution < 1.29 is 28.1 Å². The number of nitrogens with one attached hydrogen (secondary N) is 1. The van der Waals surface area contributed by atoms with Crippen molar-refractivity contribution in [2.45, 2.75) is 83.6 Å². The van der Waals surface area contributed by atoms with Gasteiger partial charge in [0.15, 0.2) is 12.8 Å². The van der Waals surface area contributed by atoms with Gasteiger partial charge in [-0.15, -0.1) is 0 Å². The summed E-state index contributed by atoms with van der Waals surface area (Å²) in [7, 11) is -1.60. The largest absolute Gasteiger partial charge is 0.449 e. The molecule has 2 bridgehead atoms. The number of ether oxygens (including phenoxy) is 3. The molecule has 5 atom stereocenters. The van der Waals surface area contributed by atoms with Gasteiger partial charge < -0.3 is 23.3 Å². The van der Waals surface area contributed by atoms with E-state index in [1.54, 1.807) is 30.3 Å². The number of nitrogens with zero attached hydrogens (tertiary/aromatic N) is 3. The van der Waals surface area contributed by atoms with Gasteiger partial charge >= 0.3 is 11.7 Å². The van der Waals surface area contributed by atoms with Gasteiger partial charge in [-0.1, -0.05) is 37.0 Å². The SMILES string of the molecule is CC[C@@]12CO[C@H](C1OP(OCCC#N)N(C(C)C)C(C)C)[C@H](n1cc(C#CCOC(=O)c3ccccc3)c(=O)[nH]c1=O)O2. The van der Waals surface area contributed by atoms with Crippen LogP contribution in [0, 0.1) is 23.2 Å². The minimum Gasteiger partial charge on any atom is -0.449 e. The van der Waals surface area contributed by atoms with Crippen LogP contribution in [0.15, 0.2) is 46.1 Å². The Morgan fingerprint density at radius 1 is 1.23 bits per heavy atom. The van der Waals surface area contributed by atoms with Crippen molar-refractivity contribution in [3.8, 4) is 17.9 Å². The van der Waals surface area contributed by atoms with E-state index in [1.165, 1.54) is 10.8 Å². The number of benzene rings is 1. The average molecular weight is 613 g/mol. The summed E-state index contributed by atoms with van der Waals surface area (Å²) in [4.78, 5) is 40.0. The van der Waals surface area contributed by atoms with Crippen molar-refractivity contribution >= 4 is 14.5 Å². The quantitative estimate of drug-likeness (QED) is 0.164. The van der Waals surface area contributed by atoms with Crippen LogP contribution < -0.4 is 11.2 Å². The number of aromatic amines is 1. The molecule has 2 saturated heterocycles. The van der Waals surface area contributed by atoms with Gasteiger partial charge in [0.2, 0.25) is 0 Å². The zero-order chi connectivity index (χ0) is 31.1. The Labute approximate surface area is 251 Å². The summed E-state index contributed by atoms with van der Waals surface area (Å²) in [5.74, 6) is 4.80. The van der Waals surface area contributed by atoms with Gasteiger partial charge in [-0.25, -0.2) is 14.3 Å². The van der Waals surface area contributed by atoms with E-state index < -0.39 is 49.8 Å². The summed E-state index contributed by atoms with van der Waals surface area (Å²) in [5, 5.41) is 9.06. The normalized spacial score (nSPS) is 23.3. The molecule has 2 aliphatic rings. The topological polar surface area (TPSA) is 145 Å². The zero-order valence-corrected chi connectivity index (χ0v) is 25.8. The highest BCUT2D eigenvalue weighted by Gasteiger charge is 2.63. The number of fused-ring (bicyclic) bond motifs is 2. The van der Waals surface area contributed by atoms with E-state index >= 15 is 0 Å². The number of nitriles is 1. The number of aromatic nitrogens is 2. The third-order valence-corrected chi connectivity index (χ3v) is 9.30. The molecule has 43 heavy (non-hydrogen) atoms. The van der Waals surface area contributed by atoms with Crippen molar-refractivity contribution in [2.24, 2.45) is 0 Å². The number of rotatable bonds is 12. The molecule has 2 aliphatic heterocycles. The lowest BCUT2D eigenvalue weighted by molar-refractivity contribution is -0.175. The van der Waals surface area contributed by atoms with E-state index in [2.05, 4.69) is 27.6 Å². The van der Waals surface area contributed by atoms with E-state index in [4.69, 9.17) is 28.5 Å². The molecule has 2 unspecified atom stereocenters. The molecule has 1 N–H and O–H groups in total. The van der Waals surface area contributed by atoms with Crippen LogP contribution in [0.25, 0.3) is 0 Å². The third-order valence-electron chi connectivity index (χ3n) is 7.19. The van der Waals surface area contributed by atoms with Crippen molar-refractivity contribution in [1.29, 1.82) is 5.26 Å². The standard InChI is InChI=1S/C30H37N4O8P/c1-6-30-19-39-24(25(30)42-43(40-17-11-15-31)34(20(2)3)21(4)5)27(41-30)33-18-23(26(35)32-29(33)37)14-10-16-38-28(36)22-12-8-7-9-13-22/h7-9,12-13,18,20-21,24-25,27H,6,11,16-17,19H2,1-5H3,(H,32,35,37)/t24-,25?,27-,30-,43?/m1/s1. The van der Waals surface area contributed by atoms with Crippen LogP contribution in [0.1, 0.15) is 69.6 Å². The molecule has 1 aromatic heterocycles. The highest BCUT2D eigenvalue weighted by Crippen LogP contribution is 2.55. The molecule has 0 spiro atoms. The Bertz CT molecular complexity index is 1480. The minimum atomic E-state index is -1.60. The maximum absolute atomic E-state index is 13.0. The lowest BCUT2D eigenvalue weighted by Gasteiger charge is -2.38. The van der Waals surface area contributed by atoms with Crippen molar-refractivity contribution in [3.63, 3.8) is 0 Å². The second-order valence-corrected chi connectivity index (χ2v) is 12.1. The molecule has 0 amide bonds. The molecule has 0 aliphatic carbocycles. The lowest BCUT2D eigenvalue weighted by Crippen LogP contribution is -2.43. The monoisotopic (exact) mass is 612 g/mol. The van der Waals surface area contributed by atoms with Gasteiger partial charge in [-0.2, -0.15) is 5.26 Å². The van der Waals surface area contributed by atoms with Gasteiger partial charge in [0.25, 0.3) is 14.1 Å². The van der Waals surface area contributed by atoms with Crippen LogP contribution in [-0.2, 0) is 23.3 Å². The number of hydrogen-bond acceptors (Lipinski definition) is 10. The first kappa shape index (κ1) is 32.6. The van der Waals surface area contributed by atoms with E-state index in [9.17, 15) is 14.4 Å². The first-order chi connectivity index (χ1) is 20.6. The summed E-state index contributed by atoms with van der Waals surface area (Å²) in [6, 6.07) is 10.8. The minimum absolute atomic E-state index is 0.00219. The smallest absolute Gasteiger partial charge is 0.339 e. The fraction of sp³-hybridized carbons (Fsp3) is 0.533. The highest BCUT2D eigenvalue weighted by atomic mass is 31.2. The lowest BCUT2D eigenvalue weighted by atomic mass is 9.96. The molecule has 4 rings (SSSR count). The molecule has 0 saturated carbocycles. The predicted molar refractivity (Wildman–Crippen MR) is 158 cm³/mol. The molecule has 2 aromatic rings. The number of carbonyl (C=O) groups excluding carboxylic acids is 1. The third kappa shape index (κ3) is 7.25. The molecule has 230 valence electrons. The summed E-state index contributed by atoms with van der Waals surface area (Å²) < 4.78 is 33.9. The van der Waals surface area contributed by atoms with Crippen LogP contribution in [0.3, 0.4) is 0 Å². The van der Waals surface area contributed by atoms with Gasteiger partial charge in [-0.05, 0) is 46.2 Å². The van der Waals surface area contributed by atoms with E-state index in [0.29, 0.717) is 12.0 Å². The summed E-state index contributed by atoms with van der Waals surface area (Å²) in [6.07, 6.45) is -0.0853. The van der Waals surface area contributed by atoms with E-state index in [1.807, 2.05) is 34.6 Å². The van der Waals surface area contributed by atoms with Crippen LogP contribution in [-0.4, -0.2) is 69.9 Å². The number of carbonyl (C=O) groups is 1. The summed E-state index contributed by atoms with van der Waals surface area (Å²) in [6.45, 7) is 10.4. The average Bonchev–Trinajstić information content (AvgIpc) is 3.48. The van der Waals surface area contributed by atoms with Crippen LogP contribution >= 0.6 is 8.53 Å². The Kier molecular flexibility index (Phi) is 10.9. The zero-order valence-electron chi connectivity index (χ0n) is 24.9. The molecule has 12 nitrogen and oxygen atoms in total. The summed E-state index contributed by atoms with van der Waals surface area (Å²) in [5.41, 5.74) is -1.84. The fourth-order valence-corrected chi connectivity index (χ4v) is 6.96. The molecule has 13 heteroatoms. The van der Waals surface area contributed by atoms with Crippen molar-refractivity contribution in [2.75, 3.05) is 19.8 Å². The molecular weight excluding hydrogens is 575 g/mol. The van der Waals surface area contributed by atoms with Crippen molar-refractivity contribution in [1.82, 2.24) is 14.2 Å². The Morgan fingerprint density at radius 2 is 1.95 bits per heavy atom. The first-order valence-corrected chi connectivity index (χ1v) is 15.4. The maximum Gasteiger partial charge on any atom is 0.339 e. The highest BCUT2D eigenvalue weighted by molar-refractivity contribution is 7.44. The van der Waals surface area contributed by atoms with Gasteiger partial charge in [0.1, 0.15) is 23.4 Å². The van der Waals surface area contributed by atoms with Crippen molar-refractivity contribution in [3.05, 3.63) is 68.5 Å². The Morgan fingerprint density at radius 3 is 2.60 bits per heavy atom. The van der Waals surface area contributed by atoms with Gasteiger partial charge in [0, 0.05) is 18.3 Å². The molecular formula is C30H37N4O8P. The molecule has 0 radical (unpaired) electrons. The molecule has 2 fully saturated rings. The Hall–Kier alpha value is -3.35. The van der Waals surface area contributed by atoms with E-state index in [0.717, 1.165) is 0 Å². The van der Waals surface area contributed by atoms with Gasteiger partial charge in [-0.3, -0.25) is 14.3 Å². The number of esters is 1. The second-order valence-electron chi connectivity index (χ2n) is 10.7. The number of hydrogen-bond donors (Lipinski definition) is 1. The first-order valence-electron chi connectivity index (χ1n) is 14.2. The number of H-pyrrole nitrogens is 1. The predicted octanol–water partition coefficient (Wildman–Crippen LogP) is 3.48. The summed E-state index contributed by atoms with van der Waals surface area (Å²) >= 11 is 0. The van der Waals surface area contributed by atoms with Crippen LogP contribution in [0.4, 0.5) is 0 Å². The maximum atomic E-state index is 13.0. The fourth-order valence-electron chi connectivity index (χ4n) is 5.15. The van der Waals surface area contributed by atoms with E-state index in [-0.39, 0.29) is 43.9 Å². The molecule has 3 heterocycles.